The monoisotopic (exact) mass is 328 g/mol. The molecule has 0 amide bonds. The molecule has 0 saturated carbocycles. The molecule has 2 rings (SSSR count). The largest absolute Gasteiger partial charge is 0.306 e. The van der Waals surface area contributed by atoms with E-state index < -0.39 is 0 Å². The molecule has 1 aromatic carbocycles. The van der Waals surface area contributed by atoms with Crippen molar-refractivity contribution in [3.63, 3.8) is 0 Å². The Morgan fingerprint density at radius 3 is 2.80 bits per heavy atom. The molecule has 0 unspecified atom stereocenters. The van der Waals surface area contributed by atoms with Crippen molar-refractivity contribution in [2.24, 2.45) is 0 Å². The predicted octanol–water partition coefficient (Wildman–Crippen LogP) is 3.84. The topological polar surface area (TPSA) is 17.8 Å². The van der Waals surface area contributed by atoms with Gasteiger partial charge in [0.1, 0.15) is 0 Å². The summed E-state index contributed by atoms with van der Waals surface area (Å²) in [5.74, 6) is 0. The summed E-state index contributed by atoms with van der Waals surface area (Å²) in [7, 11) is 0. The second kappa shape index (κ2) is 4.49. The lowest BCUT2D eigenvalue weighted by Gasteiger charge is -2.04. The molecule has 0 spiro atoms. The number of hydrogen-bond donors (Lipinski definition) is 0. The first-order valence-corrected chi connectivity index (χ1v) is 6.47. The van der Waals surface area contributed by atoms with Crippen LogP contribution in [0.5, 0.6) is 0 Å². The second-order valence-electron chi connectivity index (χ2n) is 3.34. The van der Waals surface area contributed by atoms with Crippen LogP contribution < -0.4 is 0 Å². The number of hydrogen-bond acceptors (Lipinski definition) is 1. The summed E-state index contributed by atoms with van der Waals surface area (Å²) >= 11 is 6.87. The molecular weight excluding hydrogens is 320 g/mol. The fraction of sp³-hybridized carbons (Fsp3) is 0.182. The van der Waals surface area contributed by atoms with E-state index in [1.54, 1.807) is 0 Å². The van der Waals surface area contributed by atoms with Crippen LogP contribution in [0.2, 0.25) is 0 Å². The van der Waals surface area contributed by atoms with Crippen molar-refractivity contribution in [2.75, 3.05) is 0 Å². The highest BCUT2D eigenvalue weighted by Gasteiger charge is 2.01. The minimum Gasteiger partial charge on any atom is -0.306 e. The smallest absolute Gasteiger partial charge is 0.0995 e. The van der Waals surface area contributed by atoms with Crippen LogP contribution in [0, 0.1) is 6.92 Å². The highest BCUT2D eigenvalue weighted by atomic mass is 79.9. The Labute approximate surface area is 106 Å². The van der Waals surface area contributed by atoms with Crippen LogP contribution in [0.3, 0.4) is 0 Å². The van der Waals surface area contributed by atoms with Gasteiger partial charge in [0.25, 0.3) is 0 Å². The maximum Gasteiger partial charge on any atom is 0.0995 e. The number of aryl methyl sites for hydroxylation is 1. The van der Waals surface area contributed by atoms with E-state index in [0.717, 1.165) is 21.2 Å². The van der Waals surface area contributed by atoms with Gasteiger partial charge in [0.05, 0.1) is 12.0 Å². The molecule has 78 valence electrons. The van der Waals surface area contributed by atoms with Crippen molar-refractivity contribution >= 4 is 31.9 Å². The normalized spacial score (nSPS) is 10.6. The van der Waals surface area contributed by atoms with Crippen molar-refractivity contribution in [3.8, 4) is 5.69 Å². The molecule has 0 aliphatic rings. The van der Waals surface area contributed by atoms with Crippen molar-refractivity contribution in [2.45, 2.75) is 12.3 Å². The van der Waals surface area contributed by atoms with E-state index in [9.17, 15) is 0 Å². The van der Waals surface area contributed by atoms with Gasteiger partial charge in [-0.1, -0.05) is 31.9 Å². The van der Waals surface area contributed by atoms with Crippen molar-refractivity contribution < 1.29 is 0 Å². The third-order valence-electron chi connectivity index (χ3n) is 2.21. The van der Waals surface area contributed by atoms with Gasteiger partial charge in [0.15, 0.2) is 0 Å². The van der Waals surface area contributed by atoms with E-state index in [1.165, 1.54) is 5.56 Å². The van der Waals surface area contributed by atoms with Crippen LogP contribution >= 0.6 is 31.9 Å². The van der Waals surface area contributed by atoms with Gasteiger partial charge in [0.2, 0.25) is 0 Å². The molecule has 0 bridgehead atoms. The van der Waals surface area contributed by atoms with E-state index in [0.29, 0.717) is 0 Å². The molecule has 4 heteroatoms. The van der Waals surface area contributed by atoms with Gasteiger partial charge in [-0.15, -0.1) is 0 Å². The third kappa shape index (κ3) is 2.32. The Morgan fingerprint density at radius 1 is 1.40 bits per heavy atom. The van der Waals surface area contributed by atoms with Crippen LogP contribution in [0.1, 0.15) is 11.3 Å². The third-order valence-corrected chi connectivity index (χ3v) is 3.68. The second-order valence-corrected chi connectivity index (χ2v) is 4.75. The molecule has 15 heavy (non-hydrogen) atoms. The first kappa shape index (κ1) is 10.9. The molecular formula is C11H10Br2N2. The van der Waals surface area contributed by atoms with Crippen LogP contribution in [0.25, 0.3) is 5.69 Å². The average molecular weight is 330 g/mol. The van der Waals surface area contributed by atoms with Crippen LogP contribution in [0.4, 0.5) is 0 Å². The lowest BCUT2D eigenvalue weighted by atomic mass is 10.2. The zero-order valence-electron chi connectivity index (χ0n) is 8.24. The summed E-state index contributed by atoms with van der Waals surface area (Å²) in [5.41, 5.74) is 3.40. The van der Waals surface area contributed by atoms with E-state index in [2.05, 4.69) is 62.0 Å². The van der Waals surface area contributed by atoms with E-state index in [-0.39, 0.29) is 0 Å². The minimum absolute atomic E-state index is 0.787. The van der Waals surface area contributed by atoms with E-state index in [1.807, 2.05) is 17.1 Å². The van der Waals surface area contributed by atoms with Crippen molar-refractivity contribution in [1.82, 2.24) is 9.55 Å². The van der Waals surface area contributed by atoms with Gasteiger partial charge in [-0.2, -0.15) is 0 Å². The Bertz CT molecular complexity index is 477. The van der Waals surface area contributed by atoms with Crippen molar-refractivity contribution in [1.29, 1.82) is 0 Å². The number of benzene rings is 1. The van der Waals surface area contributed by atoms with Gasteiger partial charge in [-0.3, -0.25) is 0 Å². The highest BCUT2D eigenvalue weighted by Crippen LogP contribution is 2.19. The maximum absolute atomic E-state index is 4.27. The zero-order chi connectivity index (χ0) is 10.8. The Morgan fingerprint density at radius 2 is 2.20 bits per heavy atom. The lowest BCUT2D eigenvalue weighted by molar-refractivity contribution is 1.05. The fourth-order valence-electron chi connectivity index (χ4n) is 1.36. The number of nitrogens with zero attached hydrogens (tertiary/aromatic N) is 2. The summed E-state index contributed by atoms with van der Waals surface area (Å²) < 4.78 is 3.16. The number of imidazole rings is 1. The number of aromatic nitrogens is 2. The first-order chi connectivity index (χ1) is 7.20. The molecule has 0 fully saturated rings. The number of alkyl halides is 1. The number of rotatable bonds is 2. The first-order valence-electron chi connectivity index (χ1n) is 4.56. The average Bonchev–Trinajstić information content (AvgIpc) is 2.70. The van der Waals surface area contributed by atoms with Gasteiger partial charge >= 0.3 is 0 Å². The molecule has 0 N–H and O–H groups in total. The Kier molecular flexibility index (Phi) is 3.26. The summed E-state index contributed by atoms with van der Waals surface area (Å²) in [5, 5.41) is 0.787. The van der Waals surface area contributed by atoms with E-state index in [4.69, 9.17) is 0 Å². The van der Waals surface area contributed by atoms with Gasteiger partial charge in [-0.05, 0) is 30.7 Å². The molecule has 2 nitrogen and oxygen atoms in total. The quantitative estimate of drug-likeness (QED) is 0.765. The van der Waals surface area contributed by atoms with Gasteiger partial charge in [-0.25, -0.2) is 4.98 Å². The molecule has 0 aliphatic carbocycles. The predicted molar refractivity (Wildman–Crippen MR) is 68.6 cm³/mol. The maximum atomic E-state index is 4.27. The number of halogens is 2. The lowest BCUT2D eigenvalue weighted by Crippen LogP contribution is -1.90. The summed E-state index contributed by atoms with van der Waals surface area (Å²) in [6, 6.07) is 6.25. The van der Waals surface area contributed by atoms with Crippen LogP contribution in [0.15, 0.2) is 35.2 Å². The summed E-state index contributed by atoms with van der Waals surface area (Å²) in [4.78, 5) is 4.27. The van der Waals surface area contributed by atoms with Crippen LogP contribution in [-0.4, -0.2) is 9.55 Å². The molecule has 0 aliphatic heterocycles. The fourth-order valence-corrected chi connectivity index (χ4v) is 1.90. The van der Waals surface area contributed by atoms with Crippen LogP contribution in [-0.2, 0) is 5.33 Å². The molecule has 0 saturated heterocycles. The highest BCUT2D eigenvalue weighted by molar-refractivity contribution is 9.10. The molecule has 0 atom stereocenters. The molecule has 1 heterocycles. The summed E-state index contributed by atoms with van der Waals surface area (Å²) in [6.45, 7) is 2.08. The summed E-state index contributed by atoms with van der Waals surface area (Å²) in [6.07, 6.45) is 3.86. The van der Waals surface area contributed by atoms with Crippen molar-refractivity contribution in [3.05, 3.63) is 46.5 Å². The van der Waals surface area contributed by atoms with E-state index >= 15 is 0 Å². The van der Waals surface area contributed by atoms with Gasteiger partial charge < -0.3 is 4.57 Å². The molecule has 2 aromatic rings. The standard InChI is InChI=1S/C11H10Br2N2/c1-8-4-10(2-3-11(8)13)15-6-9(5-12)14-7-15/h2-4,6-7H,5H2,1H3. The Balaban J connectivity index is 2.40. The SMILES string of the molecule is Cc1cc(-n2cnc(CBr)c2)ccc1Br. The Hall–Kier alpha value is -0.610. The molecule has 0 radical (unpaired) electrons. The van der Waals surface area contributed by atoms with Gasteiger partial charge in [0, 0.05) is 21.7 Å². The zero-order valence-corrected chi connectivity index (χ0v) is 11.4. The minimum atomic E-state index is 0.787. The molecule has 1 aromatic heterocycles.